The number of rotatable bonds is 3. The molecular weight excluding hydrogens is 244 g/mol. The van der Waals surface area contributed by atoms with Gasteiger partial charge in [0.2, 0.25) is 0 Å². The molecule has 0 bridgehead atoms. The lowest BCUT2D eigenvalue weighted by Crippen LogP contribution is -1.92. The fourth-order valence-corrected chi connectivity index (χ4v) is 1.84. The molecule has 6 heteroatoms. The van der Waals surface area contributed by atoms with Crippen LogP contribution in [0.25, 0.3) is 11.0 Å². The van der Waals surface area contributed by atoms with E-state index in [1.807, 2.05) is 18.3 Å². The van der Waals surface area contributed by atoms with Crippen molar-refractivity contribution in [1.82, 2.24) is 9.97 Å². The molecule has 2 N–H and O–H groups in total. The van der Waals surface area contributed by atoms with Crippen LogP contribution in [0.2, 0.25) is 0 Å². The monoisotopic (exact) mass is 254 g/mol. The van der Waals surface area contributed by atoms with Gasteiger partial charge < -0.3 is 10.3 Å². The van der Waals surface area contributed by atoms with E-state index in [2.05, 4.69) is 15.3 Å². The number of nitro groups is 1. The van der Waals surface area contributed by atoms with Crippen molar-refractivity contribution in [3.05, 3.63) is 58.9 Å². The number of fused-ring (bicyclic) bond motifs is 1. The minimum atomic E-state index is -0.419. The number of non-ortho nitro benzene ring substituents is 1. The zero-order valence-corrected chi connectivity index (χ0v) is 9.83. The Labute approximate surface area is 108 Å². The van der Waals surface area contributed by atoms with Crippen LogP contribution >= 0.6 is 0 Å². The quantitative estimate of drug-likeness (QED) is 0.555. The molecule has 0 amide bonds. The molecule has 0 aliphatic rings. The molecule has 3 rings (SSSR count). The van der Waals surface area contributed by atoms with Crippen molar-refractivity contribution in [1.29, 1.82) is 0 Å². The summed E-state index contributed by atoms with van der Waals surface area (Å²) in [5.74, 6) is 0. The Hall–Kier alpha value is -2.89. The molecule has 6 nitrogen and oxygen atoms in total. The summed E-state index contributed by atoms with van der Waals surface area (Å²) < 4.78 is 0. The van der Waals surface area contributed by atoms with E-state index in [-0.39, 0.29) is 5.69 Å². The second-order valence-electron chi connectivity index (χ2n) is 4.07. The van der Waals surface area contributed by atoms with Crippen LogP contribution in [-0.4, -0.2) is 14.9 Å². The summed E-state index contributed by atoms with van der Waals surface area (Å²) in [5.41, 5.74) is 2.52. The van der Waals surface area contributed by atoms with Gasteiger partial charge >= 0.3 is 0 Å². The Morgan fingerprint density at radius 1 is 1.16 bits per heavy atom. The number of nitrogens with one attached hydrogen (secondary N) is 2. The number of pyridine rings is 1. The molecular formula is C13H10N4O2. The summed E-state index contributed by atoms with van der Waals surface area (Å²) >= 11 is 0. The second-order valence-corrected chi connectivity index (χ2v) is 4.07. The van der Waals surface area contributed by atoms with Gasteiger partial charge in [0.25, 0.3) is 5.69 Å². The SMILES string of the molecule is O=[N+]([O-])c1ccc(Nc2cnc3[nH]ccc3c2)cc1. The Balaban J connectivity index is 1.85. The predicted molar refractivity (Wildman–Crippen MR) is 72.5 cm³/mol. The van der Waals surface area contributed by atoms with Gasteiger partial charge in [0.05, 0.1) is 16.8 Å². The predicted octanol–water partition coefficient (Wildman–Crippen LogP) is 3.21. The van der Waals surface area contributed by atoms with Gasteiger partial charge in [0.15, 0.2) is 0 Å². The van der Waals surface area contributed by atoms with Crippen LogP contribution in [0, 0.1) is 10.1 Å². The van der Waals surface area contributed by atoms with Gasteiger partial charge in [-0.15, -0.1) is 0 Å². The number of hydrogen-bond acceptors (Lipinski definition) is 4. The molecule has 94 valence electrons. The third-order valence-electron chi connectivity index (χ3n) is 2.77. The highest BCUT2D eigenvalue weighted by Gasteiger charge is 2.04. The molecule has 19 heavy (non-hydrogen) atoms. The molecule has 3 aromatic rings. The zero-order valence-electron chi connectivity index (χ0n) is 9.83. The van der Waals surface area contributed by atoms with Crippen molar-refractivity contribution in [2.24, 2.45) is 0 Å². The van der Waals surface area contributed by atoms with Gasteiger partial charge in [-0.3, -0.25) is 10.1 Å². The van der Waals surface area contributed by atoms with Crippen molar-refractivity contribution >= 4 is 28.1 Å². The first-order chi connectivity index (χ1) is 9.22. The minimum absolute atomic E-state index is 0.0739. The highest BCUT2D eigenvalue weighted by molar-refractivity contribution is 5.80. The maximum atomic E-state index is 10.6. The molecule has 0 spiro atoms. The number of anilines is 2. The fourth-order valence-electron chi connectivity index (χ4n) is 1.84. The third kappa shape index (κ3) is 2.23. The number of H-pyrrole nitrogens is 1. The summed E-state index contributed by atoms with van der Waals surface area (Å²) in [6.45, 7) is 0. The highest BCUT2D eigenvalue weighted by atomic mass is 16.6. The van der Waals surface area contributed by atoms with Crippen molar-refractivity contribution < 1.29 is 4.92 Å². The van der Waals surface area contributed by atoms with Gasteiger partial charge in [-0.1, -0.05) is 0 Å². The highest BCUT2D eigenvalue weighted by Crippen LogP contribution is 2.21. The number of aromatic amines is 1. The first-order valence-corrected chi connectivity index (χ1v) is 5.67. The Kier molecular flexibility index (Phi) is 2.60. The molecule has 0 aliphatic heterocycles. The first kappa shape index (κ1) is 11.2. The summed E-state index contributed by atoms with van der Waals surface area (Å²) in [5, 5.41) is 14.7. The van der Waals surface area contributed by atoms with E-state index in [4.69, 9.17) is 0 Å². The van der Waals surface area contributed by atoms with Crippen molar-refractivity contribution in [2.45, 2.75) is 0 Å². The molecule has 0 radical (unpaired) electrons. The lowest BCUT2D eigenvalue weighted by atomic mass is 10.2. The normalized spacial score (nSPS) is 10.5. The molecule has 0 aliphatic carbocycles. The fraction of sp³-hybridized carbons (Fsp3) is 0. The van der Waals surface area contributed by atoms with Crippen molar-refractivity contribution in [2.75, 3.05) is 5.32 Å². The third-order valence-corrected chi connectivity index (χ3v) is 2.77. The minimum Gasteiger partial charge on any atom is -0.354 e. The largest absolute Gasteiger partial charge is 0.354 e. The molecule has 0 fully saturated rings. The van der Waals surface area contributed by atoms with Gasteiger partial charge in [-0.05, 0) is 24.3 Å². The second kappa shape index (κ2) is 4.41. The smallest absolute Gasteiger partial charge is 0.269 e. The van der Waals surface area contributed by atoms with Crippen LogP contribution in [-0.2, 0) is 0 Å². The number of benzene rings is 1. The van der Waals surface area contributed by atoms with E-state index in [1.165, 1.54) is 12.1 Å². The Morgan fingerprint density at radius 3 is 2.68 bits per heavy atom. The molecule has 0 unspecified atom stereocenters. The van der Waals surface area contributed by atoms with E-state index < -0.39 is 4.92 Å². The number of aromatic nitrogens is 2. The Bertz CT molecular complexity index is 734. The van der Waals surface area contributed by atoms with Gasteiger partial charge in [0, 0.05) is 29.4 Å². The van der Waals surface area contributed by atoms with Gasteiger partial charge in [-0.2, -0.15) is 0 Å². The molecule has 0 atom stereocenters. The average molecular weight is 254 g/mol. The zero-order chi connectivity index (χ0) is 13.2. The maximum Gasteiger partial charge on any atom is 0.269 e. The molecule has 1 aromatic carbocycles. The first-order valence-electron chi connectivity index (χ1n) is 5.67. The van der Waals surface area contributed by atoms with Crippen LogP contribution in [0.3, 0.4) is 0 Å². The number of hydrogen-bond donors (Lipinski definition) is 2. The molecule has 0 saturated heterocycles. The van der Waals surface area contributed by atoms with Crippen LogP contribution in [0.4, 0.5) is 17.1 Å². The van der Waals surface area contributed by atoms with Gasteiger partial charge in [0.1, 0.15) is 5.65 Å². The average Bonchev–Trinajstić information content (AvgIpc) is 2.87. The van der Waals surface area contributed by atoms with E-state index in [1.54, 1.807) is 18.3 Å². The van der Waals surface area contributed by atoms with E-state index >= 15 is 0 Å². The van der Waals surface area contributed by atoms with Crippen LogP contribution < -0.4 is 5.32 Å². The van der Waals surface area contributed by atoms with Crippen LogP contribution in [0.1, 0.15) is 0 Å². The van der Waals surface area contributed by atoms with E-state index in [0.29, 0.717) is 0 Å². The summed E-state index contributed by atoms with van der Waals surface area (Å²) in [4.78, 5) is 17.4. The van der Waals surface area contributed by atoms with Crippen LogP contribution in [0.5, 0.6) is 0 Å². The summed E-state index contributed by atoms with van der Waals surface area (Å²) in [7, 11) is 0. The van der Waals surface area contributed by atoms with Crippen molar-refractivity contribution in [3.8, 4) is 0 Å². The van der Waals surface area contributed by atoms with Crippen LogP contribution in [0.15, 0.2) is 48.8 Å². The van der Waals surface area contributed by atoms with Crippen molar-refractivity contribution in [3.63, 3.8) is 0 Å². The van der Waals surface area contributed by atoms with E-state index in [0.717, 1.165) is 22.4 Å². The maximum absolute atomic E-state index is 10.6. The lowest BCUT2D eigenvalue weighted by Gasteiger charge is -2.05. The molecule has 2 aromatic heterocycles. The van der Waals surface area contributed by atoms with Gasteiger partial charge in [-0.25, -0.2) is 4.98 Å². The topological polar surface area (TPSA) is 83.8 Å². The summed E-state index contributed by atoms with van der Waals surface area (Å²) in [6.07, 6.45) is 3.54. The van der Waals surface area contributed by atoms with E-state index in [9.17, 15) is 10.1 Å². The standard InChI is InChI=1S/C13H10N4O2/c18-17(19)12-3-1-10(2-4-12)16-11-7-9-5-6-14-13(9)15-8-11/h1-8,16H,(H,14,15). The molecule has 2 heterocycles. The number of nitrogens with zero attached hydrogens (tertiary/aromatic N) is 2. The molecule has 0 saturated carbocycles. The number of nitro benzene ring substituents is 1. The summed E-state index contributed by atoms with van der Waals surface area (Å²) in [6, 6.07) is 10.2. The lowest BCUT2D eigenvalue weighted by molar-refractivity contribution is -0.384. The Morgan fingerprint density at radius 2 is 1.95 bits per heavy atom.